The van der Waals surface area contributed by atoms with Gasteiger partial charge < -0.3 is 24.8 Å². The van der Waals surface area contributed by atoms with Crippen molar-refractivity contribution < 1.29 is 23.4 Å². The number of benzene rings is 3. The van der Waals surface area contributed by atoms with Crippen LogP contribution in [0.3, 0.4) is 0 Å². The first-order chi connectivity index (χ1) is 22.4. The standard InChI is InChI=1S/C36H41F2N5O3/c1-3-21-7-5-8-22-13-26(44)14-27(30(21)22)31-29(45-4-2)15-28-33(32(31)38)40-35(41-34(28)42-18-24-9-10-25(19-42)39-24)46-20-36-11-6-12-43(36)17-23(37)16-36/h5,7-8,13-15,23-25,39,44H,3-4,6,9-12,16-20H2,1-2H3/t23-,24?,25?,36+/m1/s1. The minimum Gasteiger partial charge on any atom is -0.508 e. The number of anilines is 1. The van der Waals surface area contributed by atoms with Gasteiger partial charge in [-0.15, -0.1) is 0 Å². The van der Waals surface area contributed by atoms with Gasteiger partial charge in [-0.05, 0) is 80.1 Å². The number of hydrogen-bond acceptors (Lipinski definition) is 8. The van der Waals surface area contributed by atoms with Crippen molar-refractivity contribution in [1.29, 1.82) is 0 Å². The number of phenolic OH excluding ortho intramolecular Hbond substituents is 1. The van der Waals surface area contributed by atoms with Gasteiger partial charge in [0.25, 0.3) is 0 Å². The lowest BCUT2D eigenvalue weighted by Gasteiger charge is -2.35. The van der Waals surface area contributed by atoms with Gasteiger partial charge >= 0.3 is 6.01 Å². The Kier molecular flexibility index (Phi) is 7.40. The smallest absolute Gasteiger partial charge is 0.319 e. The molecule has 2 N–H and O–H groups in total. The molecule has 5 heterocycles. The molecule has 46 heavy (non-hydrogen) atoms. The number of hydrogen-bond donors (Lipinski definition) is 2. The number of alkyl halides is 1. The highest BCUT2D eigenvalue weighted by Crippen LogP contribution is 2.46. The number of aryl methyl sites for hydroxylation is 1. The predicted octanol–water partition coefficient (Wildman–Crippen LogP) is 6.15. The molecule has 2 bridgehead atoms. The van der Waals surface area contributed by atoms with Crippen molar-refractivity contribution >= 4 is 27.5 Å². The molecule has 4 aliphatic heterocycles. The number of piperazine rings is 1. The average molecular weight is 630 g/mol. The fraction of sp³-hybridized carbons (Fsp3) is 0.500. The Morgan fingerprint density at radius 1 is 1.07 bits per heavy atom. The van der Waals surface area contributed by atoms with E-state index in [1.165, 1.54) is 0 Å². The number of phenols is 1. The van der Waals surface area contributed by atoms with Crippen LogP contribution < -0.4 is 19.7 Å². The third-order valence-corrected chi connectivity index (χ3v) is 10.6. The van der Waals surface area contributed by atoms with Crippen molar-refractivity contribution in [2.75, 3.05) is 44.3 Å². The summed E-state index contributed by atoms with van der Waals surface area (Å²) in [6.45, 7) is 7.30. The molecule has 4 aliphatic rings. The second-order valence-electron chi connectivity index (χ2n) is 13.5. The van der Waals surface area contributed by atoms with E-state index in [2.05, 4.69) is 22.0 Å². The Morgan fingerprint density at radius 2 is 1.89 bits per heavy atom. The van der Waals surface area contributed by atoms with Gasteiger partial charge in [-0.25, -0.2) is 8.78 Å². The molecule has 0 spiro atoms. The van der Waals surface area contributed by atoms with Gasteiger partial charge in [0, 0.05) is 49.1 Å². The molecule has 0 aliphatic carbocycles. The van der Waals surface area contributed by atoms with Gasteiger partial charge in [0.15, 0.2) is 5.82 Å². The lowest BCUT2D eigenvalue weighted by atomic mass is 9.91. The lowest BCUT2D eigenvalue weighted by molar-refractivity contribution is 0.107. The minimum absolute atomic E-state index is 0.0458. The molecular weight excluding hydrogens is 588 g/mol. The number of ether oxygens (including phenoxy) is 2. The van der Waals surface area contributed by atoms with E-state index in [0.717, 1.165) is 68.1 Å². The van der Waals surface area contributed by atoms with E-state index >= 15 is 4.39 Å². The minimum atomic E-state index is -0.879. The maximum atomic E-state index is 17.3. The molecule has 0 amide bonds. The Balaban J connectivity index is 1.32. The summed E-state index contributed by atoms with van der Waals surface area (Å²) >= 11 is 0. The van der Waals surface area contributed by atoms with Crippen molar-refractivity contribution in [3.8, 4) is 28.6 Å². The maximum Gasteiger partial charge on any atom is 0.319 e. The van der Waals surface area contributed by atoms with Crippen LogP contribution in [-0.4, -0.2) is 83.2 Å². The molecular formula is C36H41F2N5O3. The first-order valence-corrected chi connectivity index (χ1v) is 16.8. The summed E-state index contributed by atoms with van der Waals surface area (Å²) in [7, 11) is 0. The highest BCUT2D eigenvalue weighted by molar-refractivity contribution is 6.04. The fourth-order valence-corrected chi connectivity index (χ4v) is 8.59. The maximum absolute atomic E-state index is 17.3. The average Bonchev–Trinajstić information content (AvgIpc) is 3.69. The van der Waals surface area contributed by atoms with Gasteiger partial charge in [0.2, 0.25) is 0 Å². The Labute approximate surface area is 267 Å². The van der Waals surface area contributed by atoms with Crippen LogP contribution in [0.4, 0.5) is 14.6 Å². The van der Waals surface area contributed by atoms with E-state index < -0.39 is 12.0 Å². The molecule has 4 fully saturated rings. The monoisotopic (exact) mass is 629 g/mol. The molecule has 2 unspecified atom stereocenters. The van der Waals surface area contributed by atoms with Crippen molar-refractivity contribution in [3.63, 3.8) is 0 Å². The number of aromatic hydroxyl groups is 1. The van der Waals surface area contributed by atoms with E-state index in [0.29, 0.717) is 54.2 Å². The number of nitrogens with zero attached hydrogens (tertiary/aromatic N) is 4. The van der Waals surface area contributed by atoms with Crippen LogP contribution in [0.2, 0.25) is 0 Å². The molecule has 4 aromatic rings. The third kappa shape index (κ3) is 4.92. The summed E-state index contributed by atoms with van der Waals surface area (Å²) in [5.74, 6) is 0.498. The summed E-state index contributed by atoms with van der Waals surface area (Å²) in [5.41, 5.74) is 1.61. The van der Waals surface area contributed by atoms with Crippen LogP contribution in [0.25, 0.3) is 32.8 Å². The zero-order chi connectivity index (χ0) is 31.6. The molecule has 8 nitrogen and oxygen atoms in total. The Hall–Kier alpha value is -3.76. The number of fused-ring (bicyclic) bond motifs is 5. The normalized spacial score (nSPS) is 25.9. The van der Waals surface area contributed by atoms with Crippen LogP contribution in [0.15, 0.2) is 36.4 Å². The quantitative estimate of drug-likeness (QED) is 0.240. The largest absolute Gasteiger partial charge is 0.508 e. The van der Waals surface area contributed by atoms with Crippen LogP contribution in [0, 0.1) is 5.82 Å². The Bertz CT molecular complexity index is 1810. The van der Waals surface area contributed by atoms with Gasteiger partial charge in [-0.1, -0.05) is 25.1 Å². The topological polar surface area (TPSA) is 83.0 Å². The summed E-state index contributed by atoms with van der Waals surface area (Å²) in [4.78, 5) is 14.1. The second kappa shape index (κ2) is 11.5. The first-order valence-electron chi connectivity index (χ1n) is 16.8. The van der Waals surface area contributed by atoms with E-state index in [4.69, 9.17) is 19.4 Å². The van der Waals surface area contributed by atoms with E-state index in [1.54, 1.807) is 12.1 Å². The molecule has 0 radical (unpaired) electrons. The summed E-state index contributed by atoms with van der Waals surface area (Å²) < 4.78 is 44.4. The number of aromatic nitrogens is 2. The molecule has 8 rings (SSSR count). The van der Waals surface area contributed by atoms with Crippen molar-refractivity contribution in [2.45, 2.75) is 76.2 Å². The van der Waals surface area contributed by atoms with Crippen LogP contribution in [0.1, 0.15) is 51.5 Å². The zero-order valence-corrected chi connectivity index (χ0v) is 26.5. The molecule has 4 atom stereocenters. The number of halogens is 2. The number of rotatable bonds is 8. The molecule has 0 saturated carbocycles. The van der Waals surface area contributed by atoms with Crippen molar-refractivity contribution in [3.05, 3.63) is 47.8 Å². The lowest BCUT2D eigenvalue weighted by Crippen LogP contribution is -2.51. The van der Waals surface area contributed by atoms with E-state index in [1.807, 2.05) is 31.2 Å². The van der Waals surface area contributed by atoms with Crippen LogP contribution in [-0.2, 0) is 6.42 Å². The highest BCUT2D eigenvalue weighted by Gasteiger charge is 2.49. The molecule has 1 aromatic heterocycles. The second-order valence-corrected chi connectivity index (χ2v) is 13.5. The highest BCUT2D eigenvalue weighted by atomic mass is 19.1. The van der Waals surface area contributed by atoms with Gasteiger partial charge in [-0.3, -0.25) is 4.90 Å². The van der Waals surface area contributed by atoms with Crippen LogP contribution >= 0.6 is 0 Å². The van der Waals surface area contributed by atoms with Gasteiger partial charge in [-0.2, -0.15) is 9.97 Å². The summed E-state index contributed by atoms with van der Waals surface area (Å²) in [6.07, 6.45) is 4.31. The van der Waals surface area contributed by atoms with Crippen LogP contribution in [0.5, 0.6) is 17.5 Å². The van der Waals surface area contributed by atoms with E-state index in [-0.39, 0.29) is 35.0 Å². The third-order valence-electron chi connectivity index (χ3n) is 10.6. The molecule has 3 aromatic carbocycles. The molecule has 4 saturated heterocycles. The number of nitrogens with one attached hydrogen (secondary N) is 1. The summed E-state index contributed by atoms with van der Waals surface area (Å²) in [6, 6.07) is 11.9. The molecule has 10 heteroatoms. The molecule has 242 valence electrons. The fourth-order valence-electron chi connectivity index (χ4n) is 8.59. The van der Waals surface area contributed by atoms with Crippen molar-refractivity contribution in [2.24, 2.45) is 0 Å². The van der Waals surface area contributed by atoms with Gasteiger partial charge in [0.05, 0.1) is 17.7 Å². The van der Waals surface area contributed by atoms with E-state index in [9.17, 15) is 9.50 Å². The zero-order valence-electron chi connectivity index (χ0n) is 26.5. The van der Waals surface area contributed by atoms with Gasteiger partial charge in [0.1, 0.15) is 35.6 Å². The van der Waals surface area contributed by atoms with Crippen molar-refractivity contribution in [1.82, 2.24) is 20.2 Å². The summed E-state index contributed by atoms with van der Waals surface area (Å²) in [5, 5.41) is 16.7. The Morgan fingerprint density at radius 3 is 2.67 bits per heavy atom. The predicted molar refractivity (Wildman–Crippen MR) is 175 cm³/mol. The first kappa shape index (κ1) is 29.6. The SMILES string of the molecule is CCOc1cc2c(N3CC4CCC(C3)N4)nc(OC[C@@]34CCCN3C[C@H](F)C4)nc2c(F)c1-c1cc(O)cc2cccc(CC)c12.